The van der Waals surface area contributed by atoms with Crippen LogP contribution in [0.2, 0.25) is 5.02 Å². The van der Waals surface area contributed by atoms with E-state index in [-0.39, 0.29) is 35.0 Å². The highest BCUT2D eigenvalue weighted by atomic mass is 35.5. The van der Waals surface area contributed by atoms with Crippen LogP contribution in [0, 0.1) is 0 Å². The van der Waals surface area contributed by atoms with Gasteiger partial charge in [-0.25, -0.2) is 15.0 Å². The predicted molar refractivity (Wildman–Crippen MR) is 135 cm³/mol. The summed E-state index contributed by atoms with van der Waals surface area (Å²) in [7, 11) is 0. The Kier molecular flexibility index (Phi) is 7.55. The number of carbonyl (C=O) groups is 1. The smallest absolute Gasteiger partial charge is 0.387 e. The lowest BCUT2D eigenvalue weighted by Gasteiger charge is -2.17. The molecule has 4 aromatic rings. The molecule has 16 heteroatoms. The normalized spacial score (nSPS) is 21.1. The Labute approximate surface area is 229 Å². The third kappa shape index (κ3) is 5.40. The summed E-state index contributed by atoms with van der Waals surface area (Å²) in [5, 5.41) is 27.0. The molecular formula is C24H22ClF3N8O4. The molecule has 1 aliphatic heterocycles. The van der Waals surface area contributed by atoms with Crippen LogP contribution in [0.4, 0.5) is 19.0 Å². The van der Waals surface area contributed by atoms with E-state index in [0.717, 1.165) is 18.3 Å². The molecule has 4 atom stereocenters. The van der Waals surface area contributed by atoms with Crippen LogP contribution in [0.15, 0.2) is 43.1 Å². The molecule has 1 aliphatic rings. The fourth-order valence-corrected chi connectivity index (χ4v) is 4.37. The molecule has 1 fully saturated rings. The lowest BCUT2D eigenvalue weighted by atomic mass is 10.1. The fraction of sp³-hybridized carbons (Fsp3) is 0.333. The Morgan fingerprint density at radius 2 is 1.98 bits per heavy atom. The van der Waals surface area contributed by atoms with Gasteiger partial charge < -0.3 is 25.6 Å². The van der Waals surface area contributed by atoms with Gasteiger partial charge in [0.1, 0.15) is 12.2 Å². The quantitative estimate of drug-likeness (QED) is 0.256. The molecule has 0 radical (unpaired) electrons. The second-order valence-electron chi connectivity index (χ2n) is 8.82. The lowest BCUT2D eigenvalue weighted by Crippen LogP contribution is -2.42. The number of alkyl halides is 3. The topological polar surface area (TPSA) is 160 Å². The van der Waals surface area contributed by atoms with Gasteiger partial charge in [0.05, 0.1) is 29.2 Å². The summed E-state index contributed by atoms with van der Waals surface area (Å²) in [5.41, 5.74) is -0.0330. The summed E-state index contributed by atoms with van der Waals surface area (Å²) in [4.78, 5) is 33.7. The molecule has 1 amide bonds. The molecule has 0 spiro atoms. The summed E-state index contributed by atoms with van der Waals surface area (Å²) < 4.78 is 46.6. The van der Waals surface area contributed by atoms with Crippen molar-refractivity contribution in [3.63, 3.8) is 0 Å². The van der Waals surface area contributed by atoms with Crippen molar-refractivity contribution < 1.29 is 32.9 Å². The van der Waals surface area contributed by atoms with Crippen molar-refractivity contribution in [2.75, 3.05) is 11.9 Å². The van der Waals surface area contributed by atoms with Gasteiger partial charge in [0.25, 0.3) is 5.91 Å². The summed E-state index contributed by atoms with van der Waals surface area (Å²) >= 11 is 6.10. The van der Waals surface area contributed by atoms with Crippen molar-refractivity contribution in [2.45, 2.75) is 44.2 Å². The van der Waals surface area contributed by atoms with Gasteiger partial charge in [-0.15, -0.1) is 0 Å². The van der Waals surface area contributed by atoms with Gasteiger partial charge in [-0.3, -0.25) is 19.3 Å². The first-order chi connectivity index (χ1) is 19.1. The van der Waals surface area contributed by atoms with Crippen molar-refractivity contribution >= 4 is 34.5 Å². The third-order valence-corrected chi connectivity index (χ3v) is 6.29. The number of nitrogens with zero attached hydrogens (tertiary/aromatic N) is 6. The monoisotopic (exact) mass is 578 g/mol. The van der Waals surface area contributed by atoms with Crippen molar-refractivity contribution in [1.29, 1.82) is 0 Å². The minimum absolute atomic E-state index is 0.0921. The second kappa shape index (κ2) is 10.9. The molecule has 5 rings (SSSR count). The standard InChI is InChI=1S/C24H22ClF3N8O4/c1-2-30-22(39)18-16(37)17(38)23(40-18)36-10-33-15-20(32-9-14-6-12(3-4-31-14)24(26,27)28)34-19(35-21(15)36)11-5-13(25)8-29-7-11/h3-8,10,16-18,23,37-38H,2,9H2,1H3,(H,30,39)(H,32,34,35)/t16-,17+,18-,23+/m0/s1. The van der Waals surface area contributed by atoms with Gasteiger partial charge >= 0.3 is 6.18 Å². The van der Waals surface area contributed by atoms with Crippen LogP contribution in [0.25, 0.3) is 22.6 Å². The molecule has 40 heavy (non-hydrogen) atoms. The van der Waals surface area contributed by atoms with E-state index in [4.69, 9.17) is 16.3 Å². The number of imidazole rings is 1. The minimum atomic E-state index is -4.54. The fourth-order valence-electron chi connectivity index (χ4n) is 4.20. The Bertz CT molecular complexity index is 1550. The summed E-state index contributed by atoms with van der Waals surface area (Å²) in [6, 6.07) is 3.34. The SMILES string of the molecule is CCNC(=O)[C@H]1O[C@@H](n2cnc3c(NCc4cc(C(F)(F)F)ccn4)nc(-c4cncc(Cl)c4)nc32)[C@H](O)[C@@H]1O. The van der Waals surface area contributed by atoms with E-state index in [9.17, 15) is 28.2 Å². The Balaban J connectivity index is 1.55. The lowest BCUT2D eigenvalue weighted by molar-refractivity contribution is -0.138. The van der Waals surface area contributed by atoms with E-state index >= 15 is 0 Å². The molecular weight excluding hydrogens is 557 g/mol. The number of halogens is 4. The van der Waals surface area contributed by atoms with E-state index in [1.165, 1.54) is 23.3 Å². The molecule has 0 saturated carbocycles. The van der Waals surface area contributed by atoms with Crippen molar-refractivity contribution in [2.24, 2.45) is 0 Å². The Morgan fingerprint density at radius 1 is 1.18 bits per heavy atom. The number of hydrogen-bond acceptors (Lipinski definition) is 10. The van der Waals surface area contributed by atoms with Gasteiger partial charge in [-0.2, -0.15) is 13.2 Å². The summed E-state index contributed by atoms with van der Waals surface area (Å²) in [5.74, 6) is -0.347. The van der Waals surface area contributed by atoms with Crippen molar-refractivity contribution in [1.82, 2.24) is 34.8 Å². The van der Waals surface area contributed by atoms with Crippen LogP contribution < -0.4 is 10.6 Å². The van der Waals surface area contributed by atoms with E-state index in [1.807, 2.05) is 0 Å². The zero-order valence-electron chi connectivity index (χ0n) is 20.7. The van der Waals surface area contributed by atoms with Crippen LogP contribution in [0.1, 0.15) is 24.4 Å². The molecule has 12 nitrogen and oxygen atoms in total. The van der Waals surface area contributed by atoms with Gasteiger partial charge in [0.2, 0.25) is 0 Å². The van der Waals surface area contributed by atoms with Gasteiger partial charge in [0.15, 0.2) is 35.1 Å². The Morgan fingerprint density at radius 3 is 2.70 bits per heavy atom. The van der Waals surface area contributed by atoms with Crippen molar-refractivity contribution in [3.05, 3.63) is 59.4 Å². The number of carbonyl (C=O) groups excluding carboxylic acids is 1. The molecule has 0 bridgehead atoms. The molecule has 5 heterocycles. The third-order valence-electron chi connectivity index (χ3n) is 6.09. The molecule has 0 unspecified atom stereocenters. The number of aromatic nitrogens is 6. The first-order valence-electron chi connectivity index (χ1n) is 12.0. The number of amides is 1. The maximum absolute atomic E-state index is 13.2. The molecule has 0 aliphatic carbocycles. The zero-order chi connectivity index (χ0) is 28.6. The Hall–Kier alpha value is -3.92. The number of anilines is 1. The number of rotatable bonds is 7. The van der Waals surface area contributed by atoms with Gasteiger partial charge in [-0.1, -0.05) is 11.6 Å². The van der Waals surface area contributed by atoms with Crippen LogP contribution in [0.3, 0.4) is 0 Å². The van der Waals surface area contributed by atoms with Crippen LogP contribution in [0.5, 0.6) is 0 Å². The highest BCUT2D eigenvalue weighted by molar-refractivity contribution is 6.30. The summed E-state index contributed by atoms with van der Waals surface area (Å²) in [6.45, 7) is 1.85. The van der Waals surface area contributed by atoms with Gasteiger partial charge in [-0.05, 0) is 25.1 Å². The van der Waals surface area contributed by atoms with E-state index in [2.05, 4.69) is 35.6 Å². The molecule has 210 valence electrons. The largest absolute Gasteiger partial charge is 0.416 e. The predicted octanol–water partition coefficient (Wildman–Crippen LogP) is 2.32. The molecule has 0 aromatic carbocycles. The number of hydrogen-bond donors (Lipinski definition) is 4. The number of fused-ring (bicyclic) bond motifs is 1. The number of aliphatic hydroxyl groups excluding tert-OH is 2. The first kappa shape index (κ1) is 27.6. The number of likely N-dealkylation sites (N-methyl/N-ethyl adjacent to an activating group) is 1. The van der Waals surface area contributed by atoms with E-state index < -0.39 is 42.2 Å². The summed E-state index contributed by atoms with van der Waals surface area (Å²) in [6.07, 6.45) is -4.95. The zero-order valence-corrected chi connectivity index (χ0v) is 21.4. The minimum Gasteiger partial charge on any atom is -0.387 e. The van der Waals surface area contributed by atoms with Crippen LogP contribution in [-0.2, 0) is 22.3 Å². The highest BCUT2D eigenvalue weighted by Crippen LogP contribution is 2.34. The number of ether oxygens (including phenoxy) is 1. The second-order valence-corrected chi connectivity index (χ2v) is 9.26. The highest BCUT2D eigenvalue weighted by Gasteiger charge is 2.47. The molecule has 1 saturated heterocycles. The van der Waals surface area contributed by atoms with Gasteiger partial charge in [0, 0.05) is 30.7 Å². The molecule has 4 N–H and O–H groups in total. The average Bonchev–Trinajstić information content (AvgIpc) is 3.47. The van der Waals surface area contributed by atoms with E-state index in [1.54, 1.807) is 13.0 Å². The number of pyridine rings is 2. The van der Waals surface area contributed by atoms with Crippen molar-refractivity contribution in [3.8, 4) is 11.4 Å². The number of aliphatic hydroxyl groups is 2. The maximum Gasteiger partial charge on any atom is 0.416 e. The van der Waals surface area contributed by atoms with E-state index in [0.29, 0.717) is 17.1 Å². The first-order valence-corrected chi connectivity index (χ1v) is 12.4. The maximum atomic E-state index is 13.2. The number of nitrogens with one attached hydrogen (secondary N) is 2. The molecule has 4 aromatic heterocycles. The van der Waals surface area contributed by atoms with Crippen LogP contribution >= 0.6 is 11.6 Å². The van der Waals surface area contributed by atoms with Crippen LogP contribution in [-0.4, -0.2) is 70.5 Å². The average molecular weight is 579 g/mol.